The number of para-hydroxylation sites is 2. The minimum Gasteiger partial charge on any atom is -0.459 e. The molecule has 4 N–H and O–H groups in total. The number of carbonyl (C=O) groups is 4. The summed E-state index contributed by atoms with van der Waals surface area (Å²) in [5.74, 6) is -1.51. The summed E-state index contributed by atoms with van der Waals surface area (Å²) in [6, 6.07) is 31.5. The minimum absolute atomic E-state index is 0.180. The van der Waals surface area contributed by atoms with Crippen LogP contribution in [-0.4, -0.2) is 106 Å². The van der Waals surface area contributed by atoms with Gasteiger partial charge in [0.25, 0.3) is 0 Å². The molecule has 0 radical (unpaired) electrons. The van der Waals surface area contributed by atoms with Crippen molar-refractivity contribution in [2.45, 2.75) is 91.8 Å². The summed E-state index contributed by atoms with van der Waals surface area (Å²) in [7, 11) is 4.19. The van der Waals surface area contributed by atoms with Crippen LogP contribution in [0.3, 0.4) is 0 Å². The molecule has 0 fully saturated rings. The molecule has 20 nitrogen and oxygen atoms in total. The predicted octanol–water partition coefficient (Wildman–Crippen LogP) is 13.1. The fourth-order valence-corrected chi connectivity index (χ4v) is 11.5. The maximum Gasteiger partial charge on any atom is 0.342 e. The second-order valence-corrected chi connectivity index (χ2v) is 24.4. The van der Waals surface area contributed by atoms with Crippen LogP contribution in [0.4, 0.5) is 46.0 Å². The largest absolute Gasteiger partial charge is 0.459 e. The van der Waals surface area contributed by atoms with Gasteiger partial charge in [-0.25, -0.2) is 37.9 Å². The zero-order valence-electron chi connectivity index (χ0n) is 52.6. The van der Waals surface area contributed by atoms with Gasteiger partial charge in [0.05, 0.1) is 57.0 Å². The highest BCUT2D eigenvalue weighted by atomic mass is 32.2. The molecule has 0 bridgehead atoms. The number of carbonyl (C=O) groups excluding carboxylic acids is 4. The lowest BCUT2D eigenvalue weighted by molar-refractivity contribution is -0.116. The highest BCUT2D eigenvalue weighted by Gasteiger charge is 2.26. The second kappa shape index (κ2) is 28.7. The predicted molar refractivity (Wildman–Crippen MR) is 356 cm³/mol. The Balaban J connectivity index is 0.000000235. The number of sulfone groups is 1. The minimum atomic E-state index is -3.63. The number of benzene rings is 5. The van der Waals surface area contributed by atoms with Gasteiger partial charge in [0.15, 0.2) is 9.84 Å². The van der Waals surface area contributed by atoms with Gasteiger partial charge in [0.1, 0.15) is 11.1 Å². The average Bonchev–Trinajstić information content (AvgIpc) is 2.83. The SMILES string of the molecule is C=CC(=O)Nc1cc(Nc2ncc(C(=O)OC(C)C)c(-c3cn(C)c4ccccc34)n2)c(C)cc1N(C)CCC.CCCN(C)c1cc(C)c(Nc2ncc(C(=O)OC(C)C)c(-c3cn(C)c4ccccc34)n2)cc1NC(=O)CCS(=O)(=O)c1ccccc1. The van der Waals surface area contributed by atoms with Gasteiger partial charge in [-0.3, -0.25) is 9.59 Å². The van der Waals surface area contributed by atoms with E-state index in [0.717, 1.165) is 87.1 Å². The van der Waals surface area contributed by atoms with Crippen LogP contribution in [0.25, 0.3) is 44.3 Å². The molecular weight excluding hydrogens is 1140 g/mol. The van der Waals surface area contributed by atoms with Crippen molar-refractivity contribution in [2.75, 3.05) is 64.0 Å². The Hall–Kier alpha value is -9.89. The van der Waals surface area contributed by atoms with Crippen molar-refractivity contribution < 1.29 is 37.1 Å². The van der Waals surface area contributed by atoms with E-state index >= 15 is 0 Å². The Labute approximate surface area is 520 Å². The van der Waals surface area contributed by atoms with Crippen LogP contribution in [0.5, 0.6) is 0 Å². The zero-order valence-corrected chi connectivity index (χ0v) is 53.4. The van der Waals surface area contributed by atoms with Crippen LogP contribution in [-0.2, 0) is 43.0 Å². The van der Waals surface area contributed by atoms with Crippen molar-refractivity contribution in [3.8, 4) is 22.5 Å². The van der Waals surface area contributed by atoms with Crippen LogP contribution in [0.15, 0.2) is 145 Å². The Morgan fingerprint density at radius 1 is 0.618 bits per heavy atom. The van der Waals surface area contributed by atoms with Crippen molar-refractivity contribution in [2.24, 2.45) is 14.1 Å². The summed E-state index contributed by atoms with van der Waals surface area (Å²) < 4.78 is 40.7. The molecule has 9 aromatic rings. The van der Waals surface area contributed by atoms with Gasteiger partial charge in [-0.05, 0) is 120 Å². The zero-order chi connectivity index (χ0) is 64.3. The molecule has 0 aliphatic carbocycles. The number of ether oxygens (including phenoxy) is 2. The van der Waals surface area contributed by atoms with Crippen molar-refractivity contribution in [1.29, 1.82) is 0 Å². The van der Waals surface area contributed by atoms with Crippen LogP contribution in [0, 0.1) is 13.8 Å². The molecule has 464 valence electrons. The van der Waals surface area contributed by atoms with E-state index in [1.807, 2.05) is 135 Å². The molecule has 0 aliphatic heterocycles. The van der Waals surface area contributed by atoms with E-state index in [4.69, 9.17) is 19.4 Å². The first-order valence-electron chi connectivity index (χ1n) is 29.5. The first-order chi connectivity index (χ1) is 42.5. The van der Waals surface area contributed by atoms with Crippen molar-refractivity contribution in [1.82, 2.24) is 29.1 Å². The lowest BCUT2D eigenvalue weighted by Crippen LogP contribution is -2.22. The number of anilines is 8. The maximum atomic E-state index is 13.2. The highest BCUT2D eigenvalue weighted by molar-refractivity contribution is 7.91. The summed E-state index contributed by atoms with van der Waals surface area (Å²) in [6.45, 7) is 20.4. The molecule has 4 aromatic heterocycles. The molecule has 2 amide bonds. The number of fused-ring (bicyclic) bond motifs is 2. The van der Waals surface area contributed by atoms with Gasteiger partial charge in [-0.15, -0.1) is 0 Å². The Bertz CT molecular complexity index is 4200. The number of esters is 2. The second-order valence-electron chi connectivity index (χ2n) is 22.2. The molecule has 9 rings (SSSR count). The lowest BCUT2D eigenvalue weighted by Gasteiger charge is -2.24. The van der Waals surface area contributed by atoms with Gasteiger partial charge in [0, 0.05) is 117 Å². The number of hydrogen-bond acceptors (Lipinski definition) is 16. The van der Waals surface area contributed by atoms with E-state index in [1.54, 1.807) is 52.0 Å². The number of aromatic nitrogens is 6. The molecule has 0 aliphatic rings. The third-order valence-corrected chi connectivity index (χ3v) is 16.3. The fraction of sp³-hybridized carbons (Fsp3) is 0.294. The first-order valence-corrected chi connectivity index (χ1v) is 31.2. The number of hydrogen-bond donors (Lipinski definition) is 4. The molecule has 89 heavy (non-hydrogen) atoms. The molecule has 0 atom stereocenters. The molecule has 0 saturated carbocycles. The van der Waals surface area contributed by atoms with E-state index < -0.39 is 27.7 Å². The van der Waals surface area contributed by atoms with E-state index in [-0.39, 0.29) is 52.3 Å². The molecule has 5 aromatic carbocycles. The maximum absolute atomic E-state index is 13.2. The molecule has 0 unspecified atom stereocenters. The number of aryl methyl sites for hydroxylation is 4. The van der Waals surface area contributed by atoms with Crippen LogP contribution < -0.4 is 31.1 Å². The van der Waals surface area contributed by atoms with Gasteiger partial charge in [-0.1, -0.05) is 75.0 Å². The van der Waals surface area contributed by atoms with Crippen molar-refractivity contribution in [3.05, 3.63) is 163 Å². The first kappa shape index (κ1) is 65.1. The molecular formula is C68H78N12O8S. The summed E-state index contributed by atoms with van der Waals surface area (Å²) in [6.07, 6.45) is 9.10. The average molecular weight is 1220 g/mol. The van der Waals surface area contributed by atoms with E-state index in [9.17, 15) is 27.6 Å². The quantitative estimate of drug-likeness (QED) is 0.0344. The monoisotopic (exact) mass is 1220 g/mol. The number of nitrogens with one attached hydrogen (secondary N) is 4. The van der Waals surface area contributed by atoms with Crippen molar-refractivity contribution in [3.63, 3.8) is 0 Å². The molecule has 4 heterocycles. The number of rotatable bonds is 23. The van der Waals surface area contributed by atoms with E-state index in [1.165, 1.54) is 30.6 Å². The summed E-state index contributed by atoms with van der Waals surface area (Å²) in [5, 5.41) is 14.3. The standard InChI is InChI=1S/C37H42N6O5S.C31H36N6O3/c1-7-18-42(5)33-20-25(4)30(21-31(33)39-34(44)17-19-49(46,47)26-13-9-8-10-14-26)40-37-38-22-28(36(45)48-24(2)3)35(41-37)29-23-43(6)32-16-12-11-15-27(29)32;1-8-14-36(6)27-15-20(5)24(16-25(27)33-28(38)9-2)34-31-32-17-22(30(39)40-19(3)4)29(35-31)23-18-37(7)26-13-11-10-12-21(23)26/h8-16,20-24H,7,17-19H2,1-6H3,(H,39,44)(H,38,40,41);9-13,15-19H,2,8,14H2,1,3-7H3,(H,33,38)(H,32,34,35). The van der Waals surface area contributed by atoms with Gasteiger partial charge in [-0.2, -0.15) is 0 Å². The molecule has 0 spiro atoms. The summed E-state index contributed by atoms with van der Waals surface area (Å²) >= 11 is 0. The Morgan fingerprint density at radius 2 is 1.04 bits per heavy atom. The van der Waals surface area contributed by atoms with Gasteiger partial charge in [0.2, 0.25) is 23.7 Å². The molecule has 0 saturated heterocycles. The van der Waals surface area contributed by atoms with E-state index in [0.29, 0.717) is 34.4 Å². The molecule has 21 heteroatoms. The van der Waals surface area contributed by atoms with Gasteiger partial charge >= 0.3 is 11.9 Å². The third-order valence-electron chi connectivity index (χ3n) is 14.5. The van der Waals surface area contributed by atoms with Gasteiger partial charge < -0.3 is 49.7 Å². The Morgan fingerprint density at radius 3 is 1.47 bits per heavy atom. The van der Waals surface area contributed by atoms with Crippen LogP contribution >= 0.6 is 0 Å². The van der Waals surface area contributed by atoms with Crippen LogP contribution in [0.2, 0.25) is 0 Å². The smallest absolute Gasteiger partial charge is 0.342 e. The summed E-state index contributed by atoms with van der Waals surface area (Å²) in [4.78, 5) is 74.6. The number of amides is 2. The normalized spacial score (nSPS) is 11.3. The third kappa shape index (κ3) is 15.6. The highest BCUT2D eigenvalue weighted by Crippen LogP contribution is 2.38. The topological polar surface area (TPSA) is 237 Å². The van der Waals surface area contributed by atoms with Crippen LogP contribution in [0.1, 0.15) is 92.6 Å². The fourth-order valence-electron chi connectivity index (χ4n) is 10.2. The number of nitrogens with zero attached hydrogens (tertiary/aromatic N) is 8. The lowest BCUT2D eigenvalue weighted by atomic mass is 10.1. The summed E-state index contributed by atoms with van der Waals surface area (Å²) in [5.41, 5.74) is 10.9. The van der Waals surface area contributed by atoms with Crippen molar-refractivity contribution >= 4 is 101 Å². The Kier molecular flexibility index (Phi) is 21.0. The van der Waals surface area contributed by atoms with E-state index in [2.05, 4.69) is 56.6 Å².